The minimum atomic E-state index is 0.747. The van der Waals surface area contributed by atoms with Crippen LogP contribution >= 0.6 is 22.9 Å². The van der Waals surface area contributed by atoms with Crippen molar-refractivity contribution >= 4 is 22.9 Å². The van der Waals surface area contributed by atoms with Gasteiger partial charge in [-0.2, -0.15) is 0 Å². The number of thiazole rings is 1. The molecule has 0 aliphatic heterocycles. The molecular formula is C11H9ClNS. The second kappa shape index (κ2) is 3.71. The van der Waals surface area contributed by atoms with Gasteiger partial charge in [0.25, 0.3) is 0 Å². The van der Waals surface area contributed by atoms with Crippen molar-refractivity contribution in [3.63, 3.8) is 0 Å². The Kier molecular flexibility index (Phi) is 2.57. The van der Waals surface area contributed by atoms with E-state index in [1.807, 2.05) is 31.2 Å². The highest BCUT2D eigenvalue weighted by atomic mass is 35.5. The number of benzene rings is 1. The molecular weight excluding hydrogens is 214 g/mol. The molecule has 1 aromatic heterocycles. The number of hydrogen-bond acceptors (Lipinski definition) is 2. The smallest absolute Gasteiger partial charge is 0.123 e. The average Bonchev–Trinajstić information content (AvgIpc) is 2.48. The van der Waals surface area contributed by atoms with E-state index in [0.29, 0.717) is 0 Å². The van der Waals surface area contributed by atoms with Crippen molar-refractivity contribution in [3.8, 4) is 10.6 Å². The van der Waals surface area contributed by atoms with Gasteiger partial charge < -0.3 is 0 Å². The van der Waals surface area contributed by atoms with Crippen molar-refractivity contribution < 1.29 is 0 Å². The number of rotatable bonds is 1. The molecule has 0 atom stereocenters. The second-order valence-corrected chi connectivity index (χ2v) is 4.67. The summed E-state index contributed by atoms with van der Waals surface area (Å²) in [6.07, 6.45) is 0. The Hall–Kier alpha value is -0.860. The summed E-state index contributed by atoms with van der Waals surface area (Å²) in [6.45, 7) is 5.88. The molecule has 0 spiro atoms. The lowest BCUT2D eigenvalue weighted by molar-refractivity contribution is 1.31. The Morgan fingerprint density at radius 1 is 1.29 bits per heavy atom. The van der Waals surface area contributed by atoms with Crippen LogP contribution in [-0.2, 0) is 0 Å². The van der Waals surface area contributed by atoms with Crippen LogP contribution in [0, 0.1) is 13.8 Å². The summed E-state index contributed by atoms with van der Waals surface area (Å²) < 4.78 is 0. The molecule has 14 heavy (non-hydrogen) atoms. The molecule has 0 aliphatic carbocycles. The maximum absolute atomic E-state index is 5.81. The quantitative estimate of drug-likeness (QED) is 0.712. The van der Waals surface area contributed by atoms with E-state index >= 15 is 0 Å². The molecule has 1 aromatic carbocycles. The maximum Gasteiger partial charge on any atom is 0.123 e. The first-order valence-corrected chi connectivity index (χ1v) is 5.41. The first kappa shape index (κ1) is 9.69. The zero-order valence-electron chi connectivity index (χ0n) is 7.75. The fourth-order valence-electron chi connectivity index (χ4n) is 1.14. The van der Waals surface area contributed by atoms with Crippen LogP contribution in [0.15, 0.2) is 24.3 Å². The number of aromatic nitrogens is 1. The molecule has 0 amide bonds. The van der Waals surface area contributed by atoms with E-state index in [9.17, 15) is 0 Å². The summed E-state index contributed by atoms with van der Waals surface area (Å²) in [4.78, 5) is 5.54. The third-order valence-corrected chi connectivity index (χ3v) is 3.30. The highest BCUT2D eigenvalue weighted by molar-refractivity contribution is 7.15. The van der Waals surface area contributed by atoms with Crippen LogP contribution in [0.4, 0.5) is 0 Å². The fourth-order valence-corrected chi connectivity index (χ4v) is 2.13. The Morgan fingerprint density at radius 2 is 1.93 bits per heavy atom. The second-order valence-electron chi connectivity index (χ2n) is 3.03. The lowest BCUT2D eigenvalue weighted by Gasteiger charge is -1.94. The molecule has 3 heteroatoms. The van der Waals surface area contributed by atoms with Crippen molar-refractivity contribution in [3.05, 3.63) is 46.8 Å². The molecule has 0 saturated carbocycles. The summed E-state index contributed by atoms with van der Waals surface area (Å²) in [6, 6.07) is 7.69. The van der Waals surface area contributed by atoms with Crippen molar-refractivity contribution in [2.45, 2.75) is 6.92 Å². The van der Waals surface area contributed by atoms with Gasteiger partial charge in [0, 0.05) is 15.5 Å². The van der Waals surface area contributed by atoms with Crippen LogP contribution in [0.2, 0.25) is 5.02 Å². The van der Waals surface area contributed by atoms with E-state index in [2.05, 4.69) is 11.9 Å². The van der Waals surface area contributed by atoms with Gasteiger partial charge >= 0.3 is 0 Å². The van der Waals surface area contributed by atoms with Crippen molar-refractivity contribution in [2.24, 2.45) is 0 Å². The van der Waals surface area contributed by atoms with Gasteiger partial charge in [0.15, 0.2) is 0 Å². The van der Waals surface area contributed by atoms with Gasteiger partial charge in [-0.05, 0) is 26.0 Å². The molecule has 0 unspecified atom stereocenters. The van der Waals surface area contributed by atoms with Gasteiger partial charge in [0.2, 0.25) is 0 Å². The lowest BCUT2D eigenvalue weighted by atomic mass is 10.2. The molecule has 1 heterocycles. The summed E-state index contributed by atoms with van der Waals surface area (Å²) in [5.74, 6) is 0. The highest BCUT2D eigenvalue weighted by Crippen LogP contribution is 2.27. The van der Waals surface area contributed by atoms with Crippen LogP contribution in [0.5, 0.6) is 0 Å². The van der Waals surface area contributed by atoms with Gasteiger partial charge in [-0.15, -0.1) is 11.3 Å². The van der Waals surface area contributed by atoms with Crippen molar-refractivity contribution in [2.75, 3.05) is 0 Å². The van der Waals surface area contributed by atoms with Crippen LogP contribution in [-0.4, -0.2) is 4.98 Å². The summed E-state index contributed by atoms with van der Waals surface area (Å²) in [5.41, 5.74) is 1.96. The van der Waals surface area contributed by atoms with Crippen LogP contribution < -0.4 is 0 Å². The monoisotopic (exact) mass is 222 g/mol. The molecule has 0 fully saturated rings. The molecule has 1 nitrogen and oxygen atoms in total. The molecule has 0 N–H and O–H groups in total. The minimum absolute atomic E-state index is 0.747. The third-order valence-electron chi connectivity index (χ3n) is 1.98. The molecule has 2 rings (SSSR count). The maximum atomic E-state index is 5.81. The third kappa shape index (κ3) is 1.81. The SMILES string of the molecule is [CH2]c1nc(-c2ccc(Cl)cc2)sc1C. The van der Waals surface area contributed by atoms with Gasteiger partial charge in [-0.25, -0.2) is 4.98 Å². The van der Waals surface area contributed by atoms with E-state index in [0.717, 1.165) is 26.2 Å². The van der Waals surface area contributed by atoms with Crippen LogP contribution in [0.25, 0.3) is 10.6 Å². The molecule has 0 aliphatic rings. The van der Waals surface area contributed by atoms with Gasteiger partial charge in [0.05, 0.1) is 5.69 Å². The van der Waals surface area contributed by atoms with Gasteiger partial charge in [-0.1, -0.05) is 23.7 Å². The van der Waals surface area contributed by atoms with Crippen molar-refractivity contribution in [1.82, 2.24) is 4.98 Å². The Balaban J connectivity index is 2.44. The molecule has 0 bridgehead atoms. The molecule has 0 saturated heterocycles. The van der Waals surface area contributed by atoms with E-state index in [-0.39, 0.29) is 0 Å². The summed E-state index contributed by atoms with van der Waals surface area (Å²) >= 11 is 7.46. The predicted molar refractivity (Wildman–Crippen MR) is 61.8 cm³/mol. The Labute approximate surface area is 92.4 Å². The van der Waals surface area contributed by atoms with E-state index in [1.54, 1.807) is 11.3 Å². The normalized spacial score (nSPS) is 10.5. The Morgan fingerprint density at radius 3 is 2.43 bits per heavy atom. The number of halogens is 1. The largest absolute Gasteiger partial charge is 0.241 e. The molecule has 2 aromatic rings. The first-order chi connectivity index (χ1) is 6.66. The first-order valence-electron chi connectivity index (χ1n) is 4.22. The zero-order valence-corrected chi connectivity index (χ0v) is 9.32. The number of hydrogen-bond donors (Lipinski definition) is 0. The van der Waals surface area contributed by atoms with Crippen LogP contribution in [0.1, 0.15) is 10.6 Å². The standard InChI is InChI=1S/C11H9ClNS/c1-7-8(2)14-11(13-7)9-3-5-10(12)6-4-9/h3-6H,1H2,2H3. The van der Waals surface area contributed by atoms with Crippen molar-refractivity contribution in [1.29, 1.82) is 0 Å². The van der Waals surface area contributed by atoms with Gasteiger partial charge in [-0.3, -0.25) is 0 Å². The number of aryl methyl sites for hydroxylation is 1. The average molecular weight is 223 g/mol. The Bertz CT molecular complexity index is 425. The lowest BCUT2D eigenvalue weighted by Crippen LogP contribution is -1.76. The van der Waals surface area contributed by atoms with Crippen LogP contribution in [0.3, 0.4) is 0 Å². The highest BCUT2D eigenvalue weighted by Gasteiger charge is 2.05. The summed E-state index contributed by atoms with van der Waals surface area (Å²) in [5, 5.41) is 1.75. The van der Waals surface area contributed by atoms with E-state index in [1.165, 1.54) is 0 Å². The summed E-state index contributed by atoms with van der Waals surface area (Å²) in [7, 11) is 0. The van der Waals surface area contributed by atoms with Gasteiger partial charge in [0.1, 0.15) is 5.01 Å². The van der Waals surface area contributed by atoms with E-state index < -0.39 is 0 Å². The minimum Gasteiger partial charge on any atom is -0.241 e. The fraction of sp³-hybridized carbons (Fsp3) is 0.0909. The topological polar surface area (TPSA) is 12.9 Å². The molecule has 71 valence electrons. The zero-order chi connectivity index (χ0) is 10.1. The number of nitrogens with zero attached hydrogens (tertiary/aromatic N) is 1. The van der Waals surface area contributed by atoms with E-state index in [4.69, 9.17) is 11.6 Å². The molecule has 1 radical (unpaired) electrons. The predicted octanol–water partition coefficient (Wildman–Crippen LogP) is 3.95.